The van der Waals surface area contributed by atoms with Crippen LogP contribution in [0.4, 0.5) is 5.82 Å². The molecule has 18 heavy (non-hydrogen) atoms. The standard InChI is InChI=1S/C11H16ClN5O/c1-3-4-8(18)5-13-10-7(2)9(12)16-11-14-6-15-17(10)11/h6,8,13,18H,3-5H2,1-2H3. The first-order chi connectivity index (χ1) is 8.63. The SMILES string of the molecule is CCCC(O)CNc1c(C)c(Cl)nc2ncnn12. The van der Waals surface area contributed by atoms with E-state index >= 15 is 0 Å². The molecule has 7 heteroatoms. The Morgan fingerprint density at radius 3 is 3.06 bits per heavy atom. The molecule has 0 saturated carbocycles. The first-order valence-electron chi connectivity index (χ1n) is 5.91. The molecule has 2 heterocycles. The lowest BCUT2D eigenvalue weighted by Gasteiger charge is -2.14. The summed E-state index contributed by atoms with van der Waals surface area (Å²) in [5, 5.41) is 17.4. The van der Waals surface area contributed by atoms with Crippen LogP contribution in [0.5, 0.6) is 0 Å². The number of nitrogens with zero attached hydrogens (tertiary/aromatic N) is 4. The van der Waals surface area contributed by atoms with Crippen LogP contribution in [0.2, 0.25) is 5.15 Å². The van der Waals surface area contributed by atoms with Gasteiger partial charge < -0.3 is 10.4 Å². The third-order valence-corrected chi connectivity index (χ3v) is 3.10. The number of hydrogen-bond acceptors (Lipinski definition) is 5. The van der Waals surface area contributed by atoms with Crippen LogP contribution < -0.4 is 5.32 Å². The van der Waals surface area contributed by atoms with E-state index in [1.807, 2.05) is 13.8 Å². The Kier molecular flexibility index (Phi) is 3.98. The topological polar surface area (TPSA) is 75.3 Å². The summed E-state index contributed by atoms with van der Waals surface area (Å²) < 4.78 is 1.58. The van der Waals surface area contributed by atoms with Gasteiger partial charge in [0.1, 0.15) is 17.3 Å². The van der Waals surface area contributed by atoms with Gasteiger partial charge in [0.25, 0.3) is 5.78 Å². The van der Waals surface area contributed by atoms with E-state index in [9.17, 15) is 5.11 Å². The average molecular weight is 270 g/mol. The van der Waals surface area contributed by atoms with Crippen molar-refractivity contribution >= 4 is 23.2 Å². The molecule has 98 valence electrons. The zero-order chi connectivity index (χ0) is 13.1. The molecule has 0 fully saturated rings. The van der Waals surface area contributed by atoms with E-state index in [1.165, 1.54) is 6.33 Å². The maximum atomic E-state index is 9.74. The fraction of sp³-hybridized carbons (Fsp3) is 0.545. The molecule has 0 spiro atoms. The van der Waals surface area contributed by atoms with Crippen molar-refractivity contribution in [2.24, 2.45) is 0 Å². The Balaban J connectivity index is 2.26. The van der Waals surface area contributed by atoms with Crippen molar-refractivity contribution in [3.63, 3.8) is 0 Å². The summed E-state index contributed by atoms with van der Waals surface area (Å²) in [6, 6.07) is 0. The zero-order valence-corrected chi connectivity index (χ0v) is 11.1. The third-order valence-electron chi connectivity index (χ3n) is 2.73. The van der Waals surface area contributed by atoms with E-state index in [-0.39, 0.29) is 6.10 Å². The Morgan fingerprint density at radius 2 is 2.33 bits per heavy atom. The lowest BCUT2D eigenvalue weighted by Crippen LogP contribution is -2.21. The second kappa shape index (κ2) is 5.49. The van der Waals surface area contributed by atoms with Crippen molar-refractivity contribution in [2.75, 3.05) is 11.9 Å². The number of nitrogens with one attached hydrogen (secondary N) is 1. The van der Waals surface area contributed by atoms with Gasteiger partial charge in [-0.2, -0.15) is 19.6 Å². The largest absolute Gasteiger partial charge is 0.391 e. The highest BCUT2D eigenvalue weighted by Crippen LogP contribution is 2.21. The maximum Gasteiger partial charge on any atom is 0.255 e. The van der Waals surface area contributed by atoms with E-state index in [0.29, 0.717) is 17.5 Å². The van der Waals surface area contributed by atoms with Crippen molar-refractivity contribution < 1.29 is 5.11 Å². The van der Waals surface area contributed by atoms with Gasteiger partial charge in [0.2, 0.25) is 0 Å². The van der Waals surface area contributed by atoms with Gasteiger partial charge >= 0.3 is 0 Å². The molecule has 2 aromatic heterocycles. The summed E-state index contributed by atoms with van der Waals surface area (Å²) in [5.41, 5.74) is 0.790. The quantitative estimate of drug-likeness (QED) is 0.808. The lowest BCUT2D eigenvalue weighted by molar-refractivity contribution is 0.176. The first kappa shape index (κ1) is 13.0. The average Bonchev–Trinajstić information content (AvgIpc) is 2.77. The van der Waals surface area contributed by atoms with Crippen LogP contribution in [0, 0.1) is 6.92 Å². The molecule has 0 bridgehead atoms. The van der Waals surface area contributed by atoms with Gasteiger partial charge in [-0.3, -0.25) is 0 Å². The van der Waals surface area contributed by atoms with Crippen LogP contribution in [0.25, 0.3) is 5.78 Å². The number of hydrogen-bond donors (Lipinski definition) is 2. The minimum atomic E-state index is -0.389. The predicted octanol–water partition coefficient (Wildman–Crippen LogP) is 1.66. The fourth-order valence-corrected chi connectivity index (χ4v) is 1.92. The third kappa shape index (κ3) is 2.54. The zero-order valence-electron chi connectivity index (χ0n) is 10.4. The summed E-state index contributed by atoms with van der Waals surface area (Å²) in [6.45, 7) is 4.34. The molecule has 0 amide bonds. The molecule has 1 unspecified atom stereocenters. The Morgan fingerprint density at radius 1 is 1.56 bits per heavy atom. The summed E-state index contributed by atoms with van der Waals surface area (Å²) in [6.07, 6.45) is 2.73. The van der Waals surface area contributed by atoms with Crippen LogP contribution in [0.15, 0.2) is 6.33 Å². The van der Waals surface area contributed by atoms with Crippen molar-refractivity contribution in [2.45, 2.75) is 32.8 Å². The number of halogens is 1. The highest BCUT2D eigenvalue weighted by molar-refractivity contribution is 6.30. The van der Waals surface area contributed by atoms with Crippen LogP contribution in [-0.2, 0) is 0 Å². The molecular weight excluding hydrogens is 254 g/mol. The van der Waals surface area contributed by atoms with Gasteiger partial charge in [-0.25, -0.2) is 0 Å². The second-order valence-corrected chi connectivity index (χ2v) is 4.53. The number of aliphatic hydroxyl groups is 1. The number of fused-ring (bicyclic) bond motifs is 1. The van der Waals surface area contributed by atoms with Gasteiger partial charge in [0.05, 0.1) is 6.10 Å². The van der Waals surface area contributed by atoms with Crippen LogP contribution in [0.1, 0.15) is 25.3 Å². The van der Waals surface area contributed by atoms with Gasteiger partial charge in [0, 0.05) is 12.1 Å². The van der Waals surface area contributed by atoms with Gasteiger partial charge in [0.15, 0.2) is 0 Å². The molecule has 6 nitrogen and oxygen atoms in total. The minimum Gasteiger partial charge on any atom is -0.391 e. The molecule has 2 rings (SSSR count). The molecule has 2 N–H and O–H groups in total. The molecule has 0 radical (unpaired) electrons. The minimum absolute atomic E-state index is 0.389. The summed E-state index contributed by atoms with van der Waals surface area (Å²) in [5.74, 6) is 1.16. The van der Waals surface area contributed by atoms with Crippen LogP contribution >= 0.6 is 11.6 Å². The molecule has 0 aliphatic carbocycles. The van der Waals surface area contributed by atoms with E-state index in [4.69, 9.17) is 11.6 Å². The Bertz CT molecular complexity index is 541. The molecular formula is C11H16ClN5O. The Labute approximate surface area is 110 Å². The normalized spacial score (nSPS) is 12.9. The molecule has 0 aliphatic rings. The van der Waals surface area contributed by atoms with Crippen molar-refractivity contribution in [1.29, 1.82) is 0 Å². The smallest absolute Gasteiger partial charge is 0.255 e. The molecule has 0 saturated heterocycles. The summed E-state index contributed by atoms with van der Waals surface area (Å²) in [4.78, 5) is 8.11. The van der Waals surface area contributed by atoms with E-state index in [1.54, 1.807) is 4.52 Å². The maximum absolute atomic E-state index is 9.74. The highest BCUT2D eigenvalue weighted by atomic mass is 35.5. The number of aliphatic hydroxyl groups excluding tert-OH is 1. The Hall–Kier alpha value is -1.40. The predicted molar refractivity (Wildman–Crippen MR) is 69.9 cm³/mol. The second-order valence-electron chi connectivity index (χ2n) is 4.17. The van der Waals surface area contributed by atoms with E-state index in [2.05, 4.69) is 20.4 Å². The monoisotopic (exact) mass is 269 g/mol. The highest BCUT2D eigenvalue weighted by Gasteiger charge is 2.13. The van der Waals surface area contributed by atoms with Gasteiger partial charge in [-0.15, -0.1) is 0 Å². The molecule has 1 atom stereocenters. The van der Waals surface area contributed by atoms with Crippen LogP contribution in [0.3, 0.4) is 0 Å². The number of aromatic nitrogens is 4. The van der Waals surface area contributed by atoms with E-state index < -0.39 is 0 Å². The molecule has 0 aliphatic heterocycles. The fourth-order valence-electron chi connectivity index (χ4n) is 1.75. The summed E-state index contributed by atoms with van der Waals surface area (Å²) in [7, 11) is 0. The molecule has 0 aromatic carbocycles. The molecule has 2 aromatic rings. The van der Waals surface area contributed by atoms with Crippen molar-refractivity contribution in [1.82, 2.24) is 19.6 Å². The number of rotatable bonds is 5. The van der Waals surface area contributed by atoms with Gasteiger partial charge in [-0.1, -0.05) is 24.9 Å². The van der Waals surface area contributed by atoms with Crippen molar-refractivity contribution in [3.05, 3.63) is 17.0 Å². The number of anilines is 1. The van der Waals surface area contributed by atoms with E-state index in [0.717, 1.165) is 24.2 Å². The van der Waals surface area contributed by atoms with Gasteiger partial charge in [-0.05, 0) is 13.3 Å². The summed E-state index contributed by atoms with van der Waals surface area (Å²) >= 11 is 6.03. The van der Waals surface area contributed by atoms with Crippen LogP contribution in [-0.4, -0.2) is 37.3 Å². The lowest BCUT2D eigenvalue weighted by atomic mass is 10.2. The van der Waals surface area contributed by atoms with Crippen molar-refractivity contribution in [3.8, 4) is 0 Å². The first-order valence-corrected chi connectivity index (χ1v) is 6.29.